The van der Waals surface area contributed by atoms with E-state index in [0.717, 1.165) is 16.8 Å². The maximum atomic E-state index is 12.8. The molecular formula is C10H6F3N3O2. The number of non-ortho nitro benzene ring substituents is 1. The van der Waals surface area contributed by atoms with Crippen molar-refractivity contribution >= 4 is 5.69 Å². The molecule has 2 aromatic rings. The predicted octanol–water partition coefficient (Wildman–Crippen LogP) is 2.80. The Kier molecular flexibility index (Phi) is 2.77. The second-order valence-corrected chi connectivity index (χ2v) is 3.41. The lowest BCUT2D eigenvalue weighted by atomic mass is 10.1. The van der Waals surface area contributed by atoms with Gasteiger partial charge < -0.3 is 0 Å². The molecule has 0 saturated heterocycles. The minimum Gasteiger partial charge on any atom is -0.258 e. The molecule has 0 aliphatic heterocycles. The molecule has 8 heteroatoms. The molecular weight excluding hydrogens is 251 g/mol. The Morgan fingerprint density at radius 1 is 1.33 bits per heavy atom. The van der Waals surface area contributed by atoms with Crippen LogP contribution in [0.1, 0.15) is 5.56 Å². The molecule has 1 heterocycles. The van der Waals surface area contributed by atoms with Crippen LogP contribution in [0.25, 0.3) is 5.69 Å². The third-order valence-corrected chi connectivity index (χ3v) is 2.25. The first-order valence-electron chi connectivity index (χ1n) is 4.75. The van der Waals surface area contributed by atoms with Crippen LogP contribution in [0.3, 0.4) is 0 Å². The Hall–Kier alpha value is -2.38. The van der Waals surface area contributed by atoms with Gasteiger partial charge in [0.15, 0.2) is 0 Å². The summed E-state index contributed by atoms with van der Waals surface area (Å²) in [6.45, 7) is 0. The van der Waals surface area contributed by atoms with Crippen molar-refractivity contribution in [1.82, 2.24) is 9.78 Å². The molecule has 2 rings (SSSR count). The summed E-state index contributed by atoms with van der Waals surface area (Å²) in [4.78, 5) is 9.62. The van der Waals surface area contributed by atoms with Crippen molar-refractivity contribution in [2.45, 2.75) is 6.18 Å². The summed E-state index contributed by atoms with van der Waals surface area (Å²) in [7, 11) is 0. The predicted molar refractivity (Wildman–Crippen MR) is 55.2 cm³/mol. The zero-order valence-corrected chi connectivity index (χ0v) is 8.76. The molecule has 0 saturated carbocycles. The number of halogens is 3. The van der Waals surface area contributed by atoms with Crippen molar-refractivity contribution in [1.29, 1.82) is 0 Å². The molecule has 1 aromatic carbocycles. The summed E-state index contributed by atoms with van der Waals surface area (Å²) in [5, 5.41) is 14.2. The molecule has 0 unspecified atom stereocenters. The van der Waals surface area contributed by atoms with Crippen molar-refractivity contribution in [3.63, 3.8) is 0 Å². The molecule has 0 spiro atoms. The molecule has 0 aliphatic carbocycles. The minimum atomic E-state index is -4.69. The van der Waals surface area contributed by atoms with Crippen LogP contribution in [0.15, 0.2) is 36.7 Å². The van der Waals surface area contributed by atoms with Gasteiger partial charge in [-0.05, 0) is 12.1 Å². The van der Waals surface area contributed by atoms with Crippen molar-refractivity contribution in [2.24, 2.45) is 0 Å². The molecule has 0 bridgehead atoms. The van der Waals surface area contributed by atoms with Gasteiger partial charge in [0.05, 0.1) is 16.2 Å². The lowest BCUT2D eigenvalue weighted by Crippen LogP contribution is -2.11. The maximum Gasteiger partial charge on any atom is 0.418 e. The van der Waals surface area contributed by atoms with Crippen LogP contribution in [0.5, 0.6) is 0 Å². The van der Waals surface area contributed by atoms with E-state index in [1.807, 2.05) is 0 Å². The average molecular weight is 257 g/mol. The first-order valence-corrected chi connectivity index (χ1v) is 4.75. The molecule has 5 nitrogen and oxygen atoms in total. The Morgan fingerprint density at radius 3 is 2.56 bits per heavy atom. The third-order valence-electron chi connectivity index (χ3n) is 2.25. The zero-order chi connectivity index (χ0) is 13.3. The van der Waals surface area contributed by atoms with Gasteiger partial charge in [-0.15, -0.1) is 0 Å². The normalized spacial score (nSPS) is 11.5. The molecule has 94 valence electrons. The van der Waals surface area contributed by atoms with Crippen LogP contribution in [0.2, 0.25) is 0 Å². The van der Waals surface area contributed by atoms with E-state index in [1.54, 1.807) is 0 Å². The molecule has 18 heavy (non-hydrogen) atoms. The SMILES string of the molecule is O=[N+]([O-])c1ccc(-n2cccn2)c(C(F)(F)F)c1. The molecule has 0 fully saturated rings. The van der Waals surface area contributed by atoms with Crippen molar-refractivity contribution < 1.29 is 18.1 Å². The van der Waals surface area contributed by atoms with Crippen molar-refractivity contribution in [3.05, 3.63) is 52.3 Å². The standard InChI is InChI=1S/C10H6F3N3O2/c11-10(12,13)8-6-7(16(17)18)2-3-9(8)15-5-1-4-14-15/h1-6H. The smallest absolute Gasteiger partial charge is 0.258 e. The third kappa shape index (κ3) is 2.17. The van der Waals surface area contributed by atoms with E-state index in [1.165, 1.54) is 18.5 Å². The number of aromatic nitrogens is 2. The average Bonchev–Trinajstić information content (AvgIpc) is 2.80. The monoisotopic (exact) mass is 257 g/mol. The van der Waals surface area contributed by atoms with Crippen LogP contribution in [0.4, 0.5) is 18.9 Å². The highest BCUT2D eigenvalue weighted by molar-refractivity contribution is 5.49. The van der Waals surface area contributed by atoms with E-state index >= 15 is 0 Å². The molecule has 0 aliphatic rings. The van der Waals surface area contributed by atoms with Crippen molar-refractivity contribution in [2.75, 3.05) is 0 Å². The second kappa shape index (κ2) is 4.13. The molecule has 0 N–H and O–H groups in total. The molecule has 0 amide bonds. The van der Waals surface area contributed by atoms with E-state index in [9.17, 15) is 23.3 Å². The van der Waals surface area contributed by atoms with Gasteiger partial charge in [-0.1, -0.05) is 0 Å². The van der Waals surface area contributed by atoms with Gasteiger partial charge in [-0.2, -0.15) is 18.3 Å². The topological polar surface area (TPSA) is 61.0 Å². The van der Waals surface area contributed by atoms with E-state index in [-0.39, 0.29) is 5.69 Å². The number of rotatable bonds is 2. The minimum absolute atomic E-state index is 0.252. The fourth-order valence-electron chi connectivity index (χ4n) is 1.48. The Bertz CT molecular complexity index is 579. The van der Waals surface area contributed by atoms with Gasteiger partial charge in [-0.3, -0.25) is 10.1 Å². The fraction of sp³-hybridized carbons (Fsp3) is 0.100. The first-order chi connectivity index (χ1) is 8.39. The Labute approximate surface area is 98.6 Å². The van der Waals surface area contributed by atoms with E-state index in [4.69, 9.17) is 0 Å². The first kappa shape index (κ1) is 12.1. The maximum absolute atomic E-state index is 12.8. The van der Waals surface area contributed by atoms with Crippen LogP contribution < -0.4 is 0 Å². The highest BCUT2D eigenvalue weighted by Gasteiger charge is 2.35. The number of hydrogen-bond acceptors (Lipinski definition) is 3. The van der Waals surface area contributed by atoms with Crippen molar-refractivity contribution in [3.8, 4) is 5.69 Å². The molecule has 0 radical (unpaired) electrons. The summed E-state index contributed by atoms with van der Waals surface area (Å²) in [5.74, 6) is 0. The van der Waals surface area contributed by atoms with Crippen LogP contribution in [-0.2, 0) is 6.18 Å². The van der Waals surface area contributed by atoms with Gasteiger partial charge >= 0.3 is 6.18 Å². The van der Waals surface area contributed by atoms with Gasteiger partial charge in [0.1, 0.15) is 0 Å². The summed E-state index contributed by atoms with van der Waals surface area (Å²) in [6, 6.07) is 3.98. The summed E-state index contributed by atoms with van der Waals surface area (Å²) in [6.07, 6.45) is -2.04. The summed E-state index contributed by atoms with van der Waals surface area (Å²) < 4.78 is 39.5. The lowest BCUT2D eigenvalue weighted by molar-refractivity contribution is -0.385. The summed E-state index contributed by atoms with van der Waals surface area (Å²) in [5.41, 5.74) is -1.96. The highest BCUT2D eigenvalue weighted by atomic mass is 19.4. The number of nitro benzene ring substituents is 1. The lowest BCUT2D eigenvalue weighted by Gasteiger charge is -2.12. The number of benzene rings is 1. The second-order valence-electron chi connectivity index (χ2n) is 3.41. The van der Waals surface area contributed by atoms with E-state index in [0.29, 0.717) is 6.07 Å². The quantitative estimate of drug-likeness (QED) is 0.613. The largest absolute Gasteiger partial charge is 0.418 e. The molecule has 0 atom stereocenters. The van der Waals surface area contributed by atoms with Gasteiger partial charge in [-0.25, -0.2) is 4.68 Å². The molecule has 1 aromatic heterocycles. The van der Waals surface area contributed by atoms with Crippen LogP contribution in [-0.4, -0.2) is 14.7 Å². The Balaban J connectivity index is 2.64. The number of hydrogen-bond donors (Lipinski definition) is 0. The van der Waals surface area contributed by atoms with E-state index < -0.39 is 22.4 Å². The van der Waals surface area contributed by atoms with Gasteiger partial charge in [0, 0.05) is 24.5 Å². The van der Waals surface area contributed by atoms with Crippen LogP contribution >= 0.6 is 0 Å². The summed E-state index contributed by atoms with van der Waals surface area (Å²) >= 11 is 0. The van der Waals surface area contributed by atoms with Gasteiger partial charge in [0.2, 0.25) is 0 Å². The Morgan fingerprint density at radius 2 is 2.06 bits per heavy atom. The van der Waals surface area contributed by atoms with Crippen LogP contribution in [0, 0.1) is 10.1 Å². The highest BCUT2D eigenvalue weighted by Crippen LogP contribution is 2.35. The zero-order valence-electron chi connectivity index (χ0n) is 8.76. The number of alkyl halides is 3. The number of nitrogens with zero attached hydrogens (tertiary/aromatic N) is 3. The van der Waals surface area contributed by atoms with Gasteiger partial charge in [0.25, 0.3) is 5.69 Å². The fourth-order valence-corrected chi connectivity index (χ4v) is 1.48. The number of nitro groups is 1. The van der Waals surface area contributed by atoms with E-state index in [2.05, 4.69) is 5.10 Å².